The van der Waals surface area contributed by atoms with E-state index in [-0.39, 0.29) is 30.5 Å². The summed E-state index contributed by atoms with van der Waals surface area (Å²) in [5.41, 5.74) is 6.62. The van der Waals surface area contributed by atoms with Gasteiger partial charge in [-0.1, -0.05) is 18.2 Å². The zero-order valence-electron chi connectivity index (χ0n) is 17.5. The number of carbonyl (C=O) groups is 1. The molecule has 0 bridgehead atoms. The molecule has 0 radical (unpaired) electrons. The third kappa shape index (κ3) is 4.28. The number of halogens is 2. The van der Waals surface area contributed by atoms with Crippen molar-refractivity contribution in [2.75, 3.05) is 18.5 Å². The van der Waals surface area contributed by atoms with Crippen LogP contribution in [-0.4, -0.2) is 33.8 Å². The highest BCUT2D eigenvalue weighted by Crippen LogP contribution is 2.37. The van der Waals surface area contributed by atoms with Crippen molar-refractivity contribution in [2.45, 2.75) is 31.8 Å². The largest absolute Gasteiger partial charge is 0.346 e. The summed E-state index contributed by atoms with van der Waals surface area (Å²) in [7, 11) is 1.80. The van der Waals surface area contributed by atoms with Crippen LogP contribution in [0.4, 0.5) is 14.5 Å². The molecule has 0 saturated heterocycles. The Labute approximate surface area is 187 Å². The van der Waals surface area contributed by atoms with Gasteiger partial charge in [-0.25, -0.2) is 9.48 Å². The normalized spacial score (nSPS) is 15.7. The molecule has 3 heterocycles. The van der Waals surface area contributed by atoms with Gasteiger partial charge < -0.3 is 10.6 Å². The molecule has 1 amide bonds. The van der Waals surface area contributed by atoms with Gasteiger partial charge in [0, 0.05) is 41.2 Å². The standard InChI is InChI=1S/C22H23F2N5O2S/c1-27-18-5-3-2-4-14(18)10-17(21(27)30)19-7-6-16(32-19)8-9-28-13-26-29(22(28)31)12-15(11-25)20(23)24/h2-7,13,17H,8-12,25H2,1H3. The highest BCUT2D eigenvalue weighted by atomic mass is 32.1. The molecule has 4 rings (SSSR count). The molecule has 1 aromatic carbocycles. The molecule has 7 nitrogen and oxygen atoms in total. The quantitative estimate of drug-likeness (QED) is 0.589. The molecule has 0 fully saturated rings. The third-order valence-corrected chi connectivity index (χ3v) is 6.94. The Morgan fingerprint density at radius 3 is 2.75 bits per heavy atom. The number of aromatic nitrogens is 3. The summed E-state index contributed by atoms with van der Waals surface area (Å²) in [5, 5.41) is 3.91. The van der Waals surface area contributed by atoms with Gasteiger partial charge in [0.15, 0.2) is 0 Å². The van der Waals surface area contributed by atoms with Crippen LogP contribution in [0, 0.1) is 0 Å². The smallest absolute Gasteiger partial charge is 0.327 e. The van der Waals surface area contributed by atoms with Gasteiger partial charge in [-0.2, -0.15) is 13.9 Å². The molecule has 1 atom stereocenters. The predicted octanol–water partition coefficient (Wildman–Crippen LogP) is 2.76. The summed E-state index contributed by atoms with van der Waals surface area (Å²) in [6.45, 7) is -0.300. The van der Waals surface area contributed by atoms with Crippen molar-refractivity contribution in [1.82, 2.24) is 14.3 Å². The molecule has 2 N–H and O–H groups in total. The Morgan fingerprint density at radius 1 is 1.22 bits per heavy atom. The van der Waals surface area contributed by atoms with E-state index in [9.17, 15) is 18.4 Å². The number of para-hydroxylation sites is 1. The average Bonchev–Trinajstić information content (AvgIpc) is 3.39. The second-order valence-electron chi connectivity index (χ2n) is 7.67. The van der Waals surface area contributed by atoms with E-state index in [1.54, 1.807) is 23.3 Å². The minimum atomic E-state index is -1.88. The van der Waals surface area contributed by atoms with Crippen molar-refractivity contribution in [3.63, 3.8) is 0 Å². The Bertz CT molecular complexity index is 1220. The Morgan fingerprint density at radius 2 is 2.00 bits per heavy atom. The van der Waals surface area contributed by atoms with Crippen molar-refractivity contribution in [1.29, 1.82) is 0 Å². The molecule has 1 aliphatic heterocycles. The lowest BCUT2D eigenvalue weighted by molar-refractivity contribution is -0.120. The minimum absolute atomic E-state index is 0.0680. The van der Waals surface area contributed by atoms with Gasteiger partial charge in [-0.15, -0.1) is 11.3 Å². The van der Waals surface area contributed by atoms with Gasteiger partial charge >= 0.3 is 5.69 Å². The maximum atomic E-state index is 12.9. The van der Waals surface area contributed by atoms with Crippen LogP contribution in [0.5, 0.6) is 0 Å². The van der Waals surface area contributed by atoms with E-state index in [0.717, 1.165) is 25.7 Å². The fraction of sp³-hybridized carbons (Fsp3) is 0.318. The van der Waals surface area contributed by atoms with Crippen LogP contribution < -0.4 is 16.3 Å². The van der Waals surface area contributed by atoms with Crippen LogP contribution in [0.1, 0.15) is 21.2 Å². The molecule has 0 saturated carbocycles. The molecule has 0 spiro atoms. The number of carbonyl (C=O) groups excluding carboxylic acids is 1. The molecule has 10 heteroatoms. The number of likely N-dealkylation sites (N-methyl/N-ethyl adjacent to an activating group) is 1. The van der Waals surface area contributed by atoms with E-state index in [0.29, 0.717) is 19.4 Å². The zero-order valence-corrected chi connectivity index (χ0v) is 18.3. The molecule has 168 valence electrons. The lowest BCUT2D eigenvalue weighted by Crippen LogP contribution is -2.36. The highest BCUT2D eigenvalue weighted by molar-refractivity contribution is 7.12. The Kier molecular flexibility index (Phi) is 6.33. The maximum absolute atomic E-state index is 12.9. The second kappa shape index (κ2) is 9.17. The van der Waals surface area contributed by atoms with Crippen LogP contribution in [-0.2, 0) is 30.7 Å². The van der Waals surface area contributed by atoms with E-state index >= 15 is 0 Å². The fourth-order valence-electron chi connectivity index (χ4n) is 3.86. The number of rotatable bonds is 7. The summed E-state index contributed by atoms with van der Waals surface area (Å²) in [6, 6.07) is 11.8. The summed E-state index contributed by atoms with van der Waals surface area (Å²) in [5.74, 6) is -0.158. The molecule has 0 aliphatic carbocycles. The van der Waals surface area contributed by atoms with Crippen molar-refractivity contribution >= 4 is 22.9 Å². The minimum Gasteiger partial charge on any atom is -0.327 e. The summed E-state index contributed by atoms with van der Waals surface area (Å²) in [4.78, 5) is 29.1. The van der Waals surface area contributed by atoms with Crippen molar-refractivity contribution in [3.8, 4) is 0 Å². The first-order chi connectivity index (χ1) is 15.4. The van der Waals surface area contributed by atoms with Crippen LogP contribution in [0.3, 0.4) is 0 Å². The summed E-state index contributed by atoms with van der Waals surface area (Å²) >= 11 is 1.56. The second-order valence-corrected chi connectivity index (χ2v) is 8.87. The van der Waals surface area contributed by atoms with Crippen LogP contribution in [0.2, 0.25) is 0 Å². The van der Waals surface area contributed by atoms with Crippen LogP contribution in [0.25, 0.3) is 0 Å². The van der Waals surface area contributed by atoms with Gasteiger partial charge in [0.25, 0.3) is 6.08 Å². The Balaban J connectivity index is 1.44. The Hall–Kier alpha value is -3.11. The van der Waals surface area contributed by atoms with Gasteiger partial charge in [-0.3, -0.25) is 9.36 Å². The van der Waals surface area contributed by atoms with E-state index in [4.69, 9.17) is 5.73 Å². The van der Waals surface area contributed by atoms with Gasteiger partial charge in [0.1, 0.15) is 6.33 Å². The van der Waals surface area contributed by atoms with Crippen molar-refractivity contribution in [3.05, 3.63) is 80.2 Å². The number of aryl methyl sites for hydroxylation is 2. The van der Waals surface area contributed by atoms with E-state index in [2.05, 4.69) is 5.10 Å². The van der Waals surface area contributed by atoms with Gasteiger partial charge in [0.2, 0.25) is 5.91 Å². The average molecular weight is 460 g/mol. The maximum Gasteiger partial charge on any atom is 0.346 e. The number of thiophene rings is 1. The van der Waals surface area contributed by atoms with E-state index < -0.39 is 11.8 Å². The first-order valence-electron chi connectivity index (χ1n) is 10.2. The fourth-order valence-corrected chi connectivity index (χ4v) is 4.95. The molecule has 3 aromatic rings. The number of fused-ring (bicyclic) bond motifs is 1. The number of anilines is 1. The van der Waals surface area contributed by atoms with E-state index in [1.165, 1.54) is 10.9 Å². The third-order valence-electron chi connectivity index (χ3n) is 5.68. The topological polar surface area (TPSA) is 86.2 Å². The number of amides is 1. The van der Waals surface area contributed by atoms with Crippen LogP contribution >= 0.6 is 11.3 Å². The number of hydrogen-bond acceptors (Lipinski definition) is 5. The van der Waals surface area contributed by atoms with Crippen molar-refractivity contribution < 1.29 is 13.6 Å². The number of nitrogens with zero attached hydrogens (tertiary/aromatic N) is 4. The molecular formula is C22H23F2N5O2S. The lowest BCUT2D eigenvalue weighted by atomic mass is 9.91. The first kappa shape index (κ1) is 22.1. The number of nitrogens with two attached hydrogens (primary N) is 1. The zero-order chi connectivity index (χ0) is 22.8. The molecule has 32 heavy (non-hydrogen) atoms. The molecule has 1 aliphatic rings. The number of hydrogen-bond donors (Lipinski definition) is 1. The highest BCUT2D eigenvalue weighted by Gasteiger charge is 2.32. The van der Waals surface area contributed by atoms with Crippen molar-refractivity contribution in [2.24, 2.45) is 5.73 Å². The monoisotopic (exact) mass is 459 g/mol. The lowest BCUT2D eigenvalue weighted by Gasteiger charge is -2.31. The predicted molar refractivity (Wildman–Crippen MR) is 119 cm³/mol. The summed E-state index contributed by atoms with van der Waals surface area (Å²) < 4.78 is 28.0. The molecule has 2 aromatic heterocycles. The van der Waals surface area contributed by atoms with Gasteiger partial charge in [-0.05, 0) is 36.6 Å². The number of benzene rings is 1. The van der Waals surface area contributed by atoms with Gasteiger partial charge in [0.05, 0.1) is 12.5 Å². The molecular weight excluding hydrogens is 436 g/mol. The van der Waals surface area contributed by atoms with E-state index in [1.807, 2.05) is 36.4 Å². The molecule has 1 unspecified atom stereocenters. The first-order valence-corrected chi connectivity index (χ1v) is 11.0. The summed E-state index contributed by atoms with van der Waals surface area (Å²) in [6.07, 6.45) is 0.692. The van der Waals surface area contributed by atoms with Crippen LogP contribution in [0.15, 0.2) is 59.2 Å². The SMILES string of the molecule is CN1C(=O)C(c2ccc(CCn3cnn(CC(CN)=C(F)F)c3=O)s2)Cc2ccccc21.